The van der Waals surface area contributed by atoms with Gasteiger partial charge in [0.15, 0.2) is 5.88 Å². The highest BCUT2D eigenvalue weighted by molar-refractivity contribution is 5.73. The van der Waals surface area contributed by atoms with E-state index in [2.05, 4.69) is 0 Å². The van der Waals surface area contributed by atoms with Gasteiger partial charge in [-0.15, -0.1) is 0 Å². The normalized spacial score (nSPS) is 12.5. The zero-order valence-corrected chi connectivity index (χ0v) is 8.23. The van der Waals surface area contributed by atoms with Gasteiger partial charge in [-0.1, -0.05) is 0 Å². The van der Waals surface area contributed by atoms with Crippen molar-refractivity contribution in [2.45, 2.75) is 12.5 Å². The molecule has 0 unspecified atom stereocenters. The molecule has 1 aromatic rings. The lowest BCUT2D eigenvalue weighted by atomic mass is 10.2. The molecule has 5 heteroatoms. The van der Waals surface area contributed by atoms with Gasteiger partial charge in [-0.25, -0.2) is 0 Å². The number of carbonyl (C=O) groups is 1. The van der Waals surface area contributed by atoms with Crippen LogP contribution in [0.15, 0.2) is 16.5 Å². The van der Waals surface area contributed by atoms with E-state index in [9.17, 15) is 4.79 Å². The summed E-state index contributed by atoms with van der Waals surface area (Å²) in [6.07, 6.45) is 0.211. The average molecular weight is 198 g/mol. The van der Waals surface area contributed by atoms with E-state index < -0.39 is 12.0 Å². The van der Waals surface area contributed by atoms with Crippen molar-refractivity contribution >= 4 is 11.9 Å². The summed E-state index contributed by atoms with van der Waals surface area (Å²) in [6, 6.07) is 2.61. The van der Waals surface area contributed by atoms with Gasteiger partial charge >= 0.3 is 5.97 Å². The number of anilines is 1. The molecule has 0 saturated carbocycles. The molecule has 1 heterocycles. The summed E-state index contributed by atoms with van der Waals surface area (Å²) in [6.45, 7) is 0. The molecule has 0 amide bonds. The molecule has 1 aromatic heterocycles. The number of nitrogens with zero attached hydrogens (tertiary/aromatic N) is 1. The average Bonchev–Trinajstić information content (AvgIpc) is 2.52. The molecule has 14 heavy (non-hydrogen) atoms. The van der Waals surface area contributed by atoms with Gasteiger partial charge in [-0.3, -0.25) is 4.79 Å². The number of aliphatic carboxylic acids is 1. The first-order valence-corrected chi connectivity index (χ1v) is 4.25. The molecule has 5 nitrogen and oxygen atoms in total. The molecule has 0 aliphatic heterocycles. The number of hydrogen-bond acceptors (Lipinski definition) is 4. The minimum Gasteiger partial charge on any atom is -0.480 e. The number of nitrogens with two attached hydrogens (primary N) is 1. The van der Waals surface area contributed by atoms with Crippen LogP contribution in [0, 0.1) is 0 Å². The first-order valence-electron chi connectivity index (χ1n) is 4.25. The topological polar surface area (TPSA) is 79.7 Å². The Bertz CT molecular complexity index is 320. The molecule has 0 fully saturated rings. The summed E-state index contributed by atoms with van der Waals surface area (Å²) >= 11 is 0. The van der Waals surface area contributed by atoms with Gasteiger partial charge in [-0.05, 0) is 6.07 Å². The second kappa shape index (κ2) is 4.15. The van der Waals surface area contributed by atoms with Crippen LogP contribution in [0.2, 0.25) is 0 Å². The summed E-state index contributed by atoms with van der Waals surface area (Å²) in [5.41, 5.74) is 5.36. The molecule has 1 atom stereocenters. The minimum absolute atomic E-state index is 0.211. The van der Waals surface area contributed by atoms with Crippen molar-refractivity contribution in [3.8, 4) is 0 Å². The van der Waals surface area contributed by atoms with Crippen molar-refractivity contribution < 1.29 is 14.3 Å². The Morgan fingerprint density at radius 1 is 1.64 bits per heavy atom. The third-order valence-corrected chi connectivity index (χ3v) is 1.83. The van der Waals surface area contributed by atoms with Crippen molar-refractivity contribution in [2.75, 3.05) is 19.0 Å². The van der Waals surface area contributed by atoms with Gasteiger partial charge in [0, 0.05) is 26.6 Å². The van der Waals surface area contributed by atoms with E-state index in [4.69, 9.17) is 15.3 Å². The first kappa shape index (κ1) is 10.6. The molecule has 0 aliphatic rings. The highest BCUT2D eigenvalue weighted by Gasteiger charge is 2.14. The molecule has 0 aromatic carbocycles. The van der Waals surface area contributed by atoms with Crippen LogP contribution in [-0.2, 0) is 11.2 Å². The van der Waals surface area contributed by atoms with Gasteiger partial charge in [0.05, 0.1) is 0 Å². The second-order valence-corrected chi connectivity index (χ2v) is 3.28. The fraction of sp³-hybridized carbons (Fsp3) is 0.444. The monoisotopic (exact) mass is 198 g/mol. The molecule has 0 bridgehead atoms. The van der Waals surface area contributed by atoms with E-state index in [0.29, 0.717) is 11.6 Å². The van der Waals surface area contributed by atoms with Crippen LogP contribution >= 0.6 is 0 Å². The summed E-state index contributed by atoms with van der Waals surface area (Å²) in [7, 11) is 3.69. The summed E-state index contributed by atoms with van der Waals surface area (Å²) in [5.74, 6) is 0.258. The Balaban J connectivity index is 2.64. The van der Waals surface area contributed by atoms with E-state index in [1.54, 1.807) is 17.0 Å². The number of carboxylic acids is 1. The van der Waals surface area contributed by atoms with Crippen LogP contribution < -0.4 is 10.6 Å². The second-order valence-electron chi connectivity index (χ2n) is 3.28. The lowest BCUT2D eigenvalue weighted by molar-refractivity contribution is -0.138. The van der Waals surface area contributed by atoms with Gasteiger partial charge in [-0.2, -0.15) is 0 Å². The Morgan fingerprint density at radius 2 is 2.29 bits per heavy atom. The fourth-order valence-electron chi connectivity index (χ4n) is 1.02. The molecule has 78 valence electrons. The maximum Gasteiger partial charge on any atom is 0.320 e. The van der Waals surface area contributed by atoms with Gasteiger partial charge in [0.25, 0.3) is 0 Å². The summed E-state index contributed by atoms with van der Waals surface area (Å²) < 4.78 is 5.35. The minimum atomic E-state index is -1.02. The molecular formula is C9H14N2O3. The van der Waals surface area contributed by atoms with Crippen LogP contribution in [0.1, 0.15) is 5.76 Å². The largest absolute Gasteiger partial charge is 0.480 e. The Kier molecular flexibility index (Phi) is 3.14. The van der Waals surface area contributed by atoms with Gasteiger partial charge < -0.3 is 20.2 Å². The maximum absolute atomic E-state index is 10.5. The third kappa shape index (κ3) is 2.50. The zero-order valence-electron chi connectivity index (χ0n) is 8.23. The van der Waals surface area contributed by atoms with E-state index in [0.717, 1.165) is 0 Å². The van der Waals surface area contributed by atoms with Gasteiger partial charge in [0.2, 0.25) is 0 Å². The van der Waals surface area contributed by atoms with Crippen molar-refractivity contribution in [1.82, 2.24) is 0 Å². The molecule has 0 radical (unpaired) electrons. The highest BCUT2D eigenvalue weighted by Crippen LogP contribution is 2.16. The number of carboxylic acid groups (broad SMARTS) is 1. The number of rotatable bonds is 4. The smallest absolute Gasteiger partial charge is 0.320 e. The SMILES string of the molecule is CN(C)c1ccc(C[C@@H](N)C(=O)O)o1. The lowest BCUT2D eigenvalue weighted by Crippen LogP contribution is -2.32. The Morgan fingerprint density at radius 3 is 2.71 bits per heavy atom. The van der Waals surface area contributed by atoms with Gasteiger partial charge in [0.1, 0.15) is 11.8 Å². The molecular weight excluding hydrogens is 184 g/mol. The predicted molar refractivity (Wildman–Crippen MR) is 52.4 cm³/mol. The van der Waals surface area contributed by atoms with Crippen molar-refractivity contribution in [2.24, 2.45) is 5.73 Å². The quantitative estimate of drug-likeness (QED) is 0.727. The first-order chi connectivity index (χ1) is 6.50. The number of furan rings is 1. The van der Waals surface area contributed by atoms with Crippen molar-refractivity contribution in [3.05, 3.63) is 17.9 Å². The van der Waals surface area contributed by atoms with Crippen molar-refractivity contribution in [3.63, 3.8) is 0 Å². The maximum atomic E-state index is 10.5. The Labute approximate surface area is 82.1 Å². The van der Waals surface area contributed by atoms with E-state index >= 15 is 0 Å². The van der Waals surface area contributed by atoms with Crippen LogP contribution in [-0.4, -0.2) is 31.2 Å². The lowest BCUT2D eigenvalue weighted by Gasteiger charge is -2.07. The Hall–Kier alpha value is -1.49. The van der Waals surface area contributed by atoms with E-state index in [1.165, 1.54) is 0 Å². The van der Waals surface area contributed by atoms with Crippen LogP contribution in [0.25, 0.3) is 0 Å². The molecule has 0 saturated heterocycles. The van der Waals surface area contributed by atoms with E-state index in [-0.39, 0.29) is 6.42 Å². The fourth-order valence-corrected chi connectivity index (χ4v) is 1.02. The van der Waals surface area contributed by atoms with Crippen molar-refractivity contribution in [1.29, 1.82) is 0 Å². The predicted octanol–water partition coefficient (Wildman–Crippen LogP) is 0.300. The third-order valence-electron chi connectivity index (χ3n) is 1.83. The molecule has 1 rings (SSSR count). The van der Waals surface area contributed by atoms with E-state index in [1.807, 2.05) is 14.1 Å². The summed E-state index contributed by atoms with van der Waals surface area (Å²) in [5, 5.41) is 8.58. The standard InChI is InChI=1S/C9H14N2O3/c1-11(2)8-4-3-6(14-8)5-7(10)9(12)13/h3-4,7H,5,10H2,1-2H3,(H,12,13)/t7-/m1/s1. The number of hydrogen-bond donors (Lipinski definition) is 2. The zero-order chi connectivity index (χ0) is 10.7. The van der Waals surface area contributed by atoms with Crippen LogP contribution in [0.4, 0.5) is 5.88 Å². The van der Waals surface area contributed by atoms with Crippen LogP contribution in [0.5, 0.6) is 0 Å². The highest BCUT2D eigenvalue weighted by atomic mass is 16.4. The summed E-state index contributed by atoms with van der Waals surface area (Å²) in [4.78, 5) is 12.3. The van der Waals surface area contributed by atoms with Crippen LogP contribution in [0.3, 0.4) is 0 Å². The molecule has 0 aliphatic carbocycles. The molecule has 3 N–H and O–H groups in total. The molecule has 0 spiro atoms.